The summed E-state index contributed by atoms with van der Waals surface area (Å²) in [5.41, 5.74) is 4.08. The standard InChI is InChI=1S/C19H21N3O6/c1-4-27-17-9-14(8-16(19(17)24)22(25)26)10-20-21-18(23)11-28-15-6-12(2)5-13(3)7-15/h5-10,24H,4,11H2,1-3H3,(H,21,23)/b20-10-. The second-order valence-electron chi connectivity index (χ2n) is 5.98. The van der Waals surface area contributed by atoms with Crippen LogP contribution in [0.3, 0.4) is 0 Å². The highest BCUT2D eigenvalue weighted by molar-refractivity contribution is 5.85. The van der Waals surface area contributed by atoms with Crippen LogP contribution in [-0.2, 0) is 4.79 Å². The molecule has 0 saturated heterocycles. The van der Waals surface area contributed by atoms with E-state index in [1.165, 1.54) is 12.3 Å². The van der Waals surface area contributed by atoms with E-state index in [1.807, 2.05) is 32.0 Å². The molecular formula is C19H21N3O6. The van der Waals surface area contributed by atoms with Crippen molar-refractivity contribution in [2.75, 3.05) is 13.2 Å². The third-order valence-electron chi connectivity index (χ3n) is 3.54. The number of rotatable bonds is 8. The van der Waals surface area contributed by atoms with E-state index in [1.54, 1.807) is 6.92 Å². The number of aromatic hydroxyl groups is 1. The number of hydrazone groups is 1. The Kier molecular flexibility index (Phi) is 6.91. The smallest absolute Gasteiger partial charge is 0.315 e. The van der Waals surface area contributed by atoms with Crippen LogP contribution in [0.5, 0.6) is 17.2 Å². The van der Waals surface area contributed by atoms with Crippen LogP contribution in [-0.4, -0.2) is 35.4 Å². The lowest BCUT2D eigenvalue weighted by atomic mass is 10.1. The molecule has 0 radical (unpaired) electrons. The number of nitrogens with one attached hydrogen (secondary N) is 1. The fourth-order valence-corrected chi connectivity index (χ4v) is 2.47. The monoisotopic (exact) mass is 387 g/mol. The Balaban J connectivity index is 2.01. The number of nitro groups is 1. The van der Waals surface area contributed by atoms with Crippen molar-refractivity contribution in [1.82, 2.24) is 5.43 Å². The maximum absolute atomic E-state index is 11.9. The average Bonchev–Trinajstić information content (AvgIpc) is 2.61. The third kappa shape index (κ3) is 5.70. The Hall–Kier alpha value is -3.62. The molecule has 28 heavy (non-hydrogen) atoms. The van der Waals surface area contributed by atoms with Crippen molar-refractivity contribution in [3.8, 4) is 17.2 Å². The van der Waals surface area contributed by atoms with Gasteiger partial charge in [-0.25, -0.2) is 5.43 Å². The number of benzene rings is 2. The van der Waals surface area contributed by atoms with Gasteiger partial charge >= 0.3 is 5.69 Å². The van der Waals surface area contributed by atoms with Crippen LogP contribution in [0, 0.1) is 24.0 Å². The Bertz CT molecular complexity index is 891. The minimum atomic E-state index is -0.731. The number of hydrogen-bond acceptors (Lipinski definition) is 7. The van der Waals surface area contributed by atoms with E-state index < -0.39 is 22.3 Å². The molecule has 0 heterocycles. The van der Waals surface area contributed by atoms with Gasteiger partial charge in [-0.3, -0.25) is 14.9 Å². The van der Waals surface area contributed by atoms with Crippen molar-refractivity contribution >= 4 is 17.8 Å². The molecule has 9 heteroatoms. The van der Waals surface area contributed by atoms with Crippen molar-refractivity contribution < 1.29 is 24.3 Å². The van der Waals surface area contributed by atoms with E-state index in [2.05, 4.69) is 10.5 Å². The lowest BCUT2D eigenvalue weighted by Crippen LogP contribution is -2.24. The normalized spacial score (nSPS) is 10.7. The van der Waals surface area contributed by atoms with Crippen LogP contribution in [0.2, 0.25) is 0 Å². The van der Waals surface area contributed by atoms with Crippen LogP contribution in [0.1, 0.15) is 23.6 Å². The highest BCUT2D eigenvalue weighted by atomic mass is 16.6. The minimum Gasteiger partial charge on any atom is -0.500 e. The molecule has 2 N–H and O–H groups in total. The summed E-state index contributed by atoms with van der Waals surface area (Å²) in [5.74, 6) is -0.515. The zero-order valence-electron chi connectivity index (χ0n) is 15.8. The zero-order valence-corrected chi connectivity index (χ0v) is 15.8. The molecule has 0 spiro atoms. The number of hydrogen-bond donors (Lipinski definition) is 2. The molecule has 2 aromatic rings. The van der Waals surface area contributed by atoms with E-state index in [0.29, 0.717) is 5.75 Å². The van der Waals surface area contributed by atoms with Crippen LogP contribution in [0.15, 0.2) is 35.4 Å². The average molecular weight is 387 g/mol. The van der Waals surface area contributed by atoms with Gasteiger partial charge in [0.05, 0.1) is 17.7 Å². The van der Waals surface area contributed by atoms with Crippen LogP contribution in [0.4, 0.5) is 5.69 Å². The molecular weight excluding hydrogens is 366 g/mol. The van der Waals surface area contributed by atoms with E-state index >= 15 is 0 Å². The Morgan fingerprint density at radius 2 is 1.89 bits per heavy atom. The maximum atomic E-state index is 11.9. The largest absolute Gasteiger partial charge is 0.500 e. The fourth-order valence-electron chi connectivity index (χ4n) is 2.47. The van der Waals surface area contributed by atoms with Gasteiger partial charge in [0, 0.05) is 11.6 Å². The topological polar surface area (TPSA) is 123 Å². The summed E-state index contributed by atoms with van der Waals surface area (Å²) < 4.78 is 10.6. The van der Waals surface area contributed by atoms with Crippen molar-refractivity contribution in [2.24, 2.45) is 5.10 Å². The van der Waals surface area contributed by atoms with Gasteiger partial charge in [0.1, 0.15) is 5.75 Å². The van der Waals surface area contributed by atoms with Gasteiger partial charge in [0.15, 0.2) is 12.4 Å². The number of aryl methyl sites for hydroxylation is 2. The molecule has 2 aromatic carbocycles. The first-order valence-electron chi connectivity index (χ1n) is 8.47. The molecule has 0 unspecified atom stereocenters. The number of ether oxygens (including phenoxy) is 2. The van der Waals surface area contributed by atoms with Gasteiger partial charge in [0.25, 0.3) is 5.91 Å². The molecule has 0 bridgehead atoms. The van der Waals surface area contributed by atoms with Crippen LogP contribution < -0.4 is 14.9 Å². The predicted molar refractivity (Wildman–Crippen MR) is 103 cm³/mol. The third-order valence-corrected chi connectivity index (χ3v) is 3.54. The molecule has 0 aromatic heterocycles. The molecule has 0 aliphatic heterocycles. The Morgan fingerprint density at radius 3 is 2.50 bits per heavy atom. The summed E-state index contributed by atoms with van der Waals surface area (Å²) in [6, 6.07) is 8.13. The fraction of sp³-hybridized carbons (Fsp3) is 0.263. The second-order valence-corrected chi connectivity index (χ2v) is 5.98. The molecule has 2 rings (SSSR count). The quantitative estimate of drug-likeness (QED) is 0.408. The molecule has 148 valence electrons. The van der Waals surface area contributed by atoms with E-state index in [0.717, 1.165) is 17.2 Å². The molecule has 9 nitrogen and oxygen atoms in total. The number of nitro benzene ring substituents is 1. The summed E-state index contributed by atoms with van der Waals surface area (Å²) in [6.07, 6.45) is 1.21. The first kappa shape index (κ1) is 20.7. The molecule has 1 amide bonds. The van der Waals surface area contributed by atoms with Crippen LogP contribution >= 0.6 is 0 Å². The first-order chi connectivity index (χ1) is 13.3. The van der Waals surface area contributed by atoms with Crippen molar-refractivity contribution in [3.63, 3.8) is 0 Å². The van der Waals surface area contributed by atoms with Gasteiger partial charge in [-0.15, -0.1) is 0 Å². The Labute approximate surface area is 161 Å². The minimum absolute atomic E-state index is 0.0392. The second kappa shape index (κ2) is 9.36. The molecule has 0 aliphatic rings. The summed E-state index contributed by atoms with van der Waals surface area (Å²) in [7, 11) is 0. The van der Waals surface area contributed by atoms with Gasteiger partial charge < -0.3 is 14.6 Å². The molecule has 0 fully saturated rings. The number of nitrogens with zero attached hydrogens (tertiary/aromatic N) is 2. The zero-order chi connectivity index (χ0) is 20.7. The lowest BCUT2D eigenvalue weighted by molar-refractivity contribution is -0.386. The maximum Gasteiger partial charge on any atom is 0.315 e. The number of phenolic OH excluding ortho intramolecular Hbond substituents is 1. The van der Waals surface area contributed by atoms with Crippen molar-refractivity contribution in [2.45, 2.75) is 20.8 Å². The molecule has 0 atom stereocenters. The Morgan fingerprint density at radius 1 is 1.21 bits per heavy atom. The number of carbonyl (C=O) groups excluding carboxylic acids is 1. The van der Waals surface area contributed by atoms with Gasteiger partial charge in [-0.2, -0.15) is 5.10 Å². The predicted octanol–water partition coefficient (Wildman–Crippen LogP) is 2.85. The van der Waals surface area contributed by atoms with Crippen molar-refractivity contribution in [3.05, 3.63) is 57.1 Å². The summed E-state index contributed by atoms with van der Waals surface area (Å²) in [4.78, 5) is 22.2. The molecule has 0 aliphatic carbocycles. The highest BCUT2D eigenvalue weighted by Crippen LogP contribution is 2.36. The number of phenols is 1. The van der Waals surface area contributed by atoms with Gasteiger partial charge in [-0.1, -0.05) is 6.07 Å². The first-order valence-corrected chi connectivity index (χ1v) is 8.47. The van der Waals surface area contributed by atoms with Crippen molar-refractivity contribution in [1.29, 1.82) is 0 Å². The summed E-state index contributed by atoms with van der Waals surface area (Å²) in [6.45, 7) is 5.52. The van der Waals surface area contributed by atoms with Gasteiger partial charge in [0.2, 0.25) is 5.75 Å². The summed E-state index contributed by atoms with van der Waals surface area (Å²) in [5, 5.41) is 24.6. The highest BCUT2D eigenvalue weighted by Gasteiger charge is 2.19. The number of carbonyl (C=O) groups is 1. The van der Waals surface area contributed by atoms with Gasteiger partial charge in [-0.05, 0) is 50.1 Å². The summed E-state index contributed by atoms with van der Waals surface area (Å²) >= 11 is 0. The lowest BCUT2D eigenvalue weighted by Gasteiger charge is -2.08. The SMILES string of the molecule is CCOc1cc(/C=N\NC(=O)COc2cc(C)cc(C)c2)cc([N+](=O)[O-])c1O. The van der Waals surface area contributed by atoms with E-state index in [-0.39, 0.29) is 24.5 Å². The number of amides is 1. The van der Waals surface area contributed by atoms with E-state index in [4.69, 9.17) is 9.47 Å². The van der Waals surface area contributed by atoms with Crippen LogP contribution in [0.25, 0.3) is 0 Å². The molecule has 0 saturated carbocycles. The van der Waals surface area contributed by atoms with E-state index in [9.17, 15) is 20.0 Å².